The number of ketones is 1. The SMILES string of the molecule is Cl.NC1(C(=O)N2CCC(C(=O)c3ccc(Cl)cc3)CC2)CCCCC1. The smallest absolute Gasteiger partial charge is 0.242 e. The fourth-order valence-corrected chi connectivity index (χ4v) is 4.03. The van der Waals surface area contributed by atoms with Crippen LogP contribution < -0.4 is 5.73 Å². The number of halogens is 2. The van der Waals surface area contributed by atoms with Gasteiger partial charge in [-0.1, -0.05) is 30.9 Å². The fourth-order valence-electron chi connectivity index (χ4n) is 3.91. The van der Waals surface area contributed by atoms with Gasteiger partial charge in [0.15, 0.2) is 5.78 Å². The Hall–Kier alpha value is -1.10. The molecule has 1 amide bonds. The van der Waals surface area contributed by atoms with Gasteiger partial charge in [0.1, 0.15) is 0 Å². The number of rotatable bonds is 3. The van der Waals surface area contributed by atoms with Gasteiger partial charge in [0.05, 0.1) is 5.54 Å². The van der Waals surface area contributed by atoms with Crippen LogP contribution in [0.2, 0.25) is 5.02 Å². The molecule has 0 radical (unpaired) electrons. The van der Waals surface area contributed by atoms with Crippen LogP contribution in [0.5, 0.6) is 0 Å². The fraction of sp³-hybridized carbons (Fsp3) is 0.579. The summed E-state index contributed by atoms with van der Waals surface area (Å²) in [4.78, 5) is 27.2. The first-order chi connectivity index (χ1) is 11.5. The normalized spacial score (nSPS) is 20.6. The summed E-state index contributed by atoms with van der Waals surface area (Å²) < 4.78 is 0. The third-order valence-electron chi connectivity index (χ3n) is 5.45. The molecule has 1 aromatic rings. The minimum absolute atomic E-state index is 0. The highest BCUT2D eigenvalue weighted by atomic mass is 35.5. The summed E-state index contributed by atoms with van der Waals surface area (Å²) in [7, 11) is 0. The van der Waals surface area contributed by atoms with E-state index < -0.39 is 5.54 Å². The van der Waals surface area contributed by atoms with Crippen LogP contribution in [0.15, 0.2) is 24.3 Å². The number of carbonyl (C=O) groups is 2. The van der Waals surface area contributed by atoms with Gasteiger partial charge in [-0.25, -0.2) is 0 Å². The summed E-state index contributed by atoms with van der Waals surface area (Å²) in [6, 6.07) is 7.04. The molecule has 1 aliphatic heterocycles. The van der Waals surface area contributed by atoms with E-state index in [4.69, 9.17) is 17.3 Å². The molecule has 3 rings (SSSR count). The zero-order chi connectivity index (χ0) is 17.2. The second kappa shape index (κ2) is 8.52. The van der Waals surface area contributed by atoms with Gasteiger partial charge in [-0.05, 0) is 49.9 Å². The molecule has 1 saturated carbocycles. The summed E-state index contributed by atoms with van der Waals surface area (Å²) in [6.45, 7) is 1.25. The largest absolute Gasteiger partial charge is 0.341 e. The standard InChI is InChI=1S/C19H25ClN2O2.ClH/c20-16-6-4-14(5-7-16)17(23)15-8-12-22(13-9-15)18(24)19(21)10-2-1-3-11-19;/h4-7,15H,1-3,8-13,21H2;1H. The van der Waals surface area contributed by atoms with Crippen LogP contribution in [0, 0.1) is 5.92 Å². The average molecular weight is 385 g/mol. The molecule has 0 spiro atoms. The lowest BCUT2D eigenvalue weighted by Crippen LogP contribution is -2.57. The van der Waals surface area contributed by atoms with E-state index in [2.05, 4.69) is 0 Å². The van der Waals surface area contributed by atoms with E-state index in [0.717, 1.165) is 25.7 Å². The Kier molecular flexibility index (Phi) is 6.89. The number of hydrogen-bond acceptors (Lipinski definition) is 3. The van der Waals surface area contributed by atoms with Crippen molar-refractivity contribution >= 4 is 35.7 Å². The highest BCUT2D eigenvalue weighted by molar-refractivity contribution is 6.30. The Bertz CT molecular complexity index is 604. The van der Waals surface area contributed by atoms with E-state index in [9.17, 15) is 9.59 Å². The van der Waals surface area contributed by atoms with Crippen LogP contribution in [0.1, 0.15) is 55.3 Å². The number of carbonyl (C=O) groups excluding carboxylic acids is 2. The maximum absolute atomic E-state index is 12.8. The zero-order valence-corrected chi connectivity index (χ0v) is 16.0. The number of amides is 1. The summed E-state index contributed by atoms with van der Waals surface area (Å²) in [6.07, 6.45) is 6.24. The van der Waals surface area contributed by atoms with Gasteiger partial charge in [-0.15, -0.1) is 12.4 Å². The van der Waals surface area contributed by atoms with Crippen LogP contribution in [0.4, 0.5) is 0 Å². The molecule has 4 nitrogen and oxygen atoms in total. The molecule has 0 aromatic heterocycles. The third kappa shape index (κ3) is 4.55. The summed E-state index contributed by atoms with van der Waals surface area (Å²) >= 11 is 5.88. The molecule has 138 valence electrons. The second-order valence-corrected chi connectivity index (χ2v) is 7.59. The van der Waals surface area contributed by atoms with Crippen LogP contribution in [0.25, 0.3) is 0 Å². The minimum Gasteiger partial charge on any atom is -0.341 e. The van der Waals surface area contributed by atoms with Crippen molar-refractivity contribution in [2.75, 3.05) is 13.1 Å². The maximum Gasteiger partial charge on any atom is 0.242 e. The number of nitrogens with zero attached hydrogens (tertiary/aromatic N) is 1. The number of nitrogens with two attached hydrogens (primary N) is 1. The molecular weight excluding hydrogens is 359 g/mol. The van der Waals surface area contributed by atoms with E-state index in [-0.39, 0.29) is 30.0 Å². The van der Waals surface area contributed by atoms with E-state index in [1.807, 2.05) is 4.90 Å². The number of likely N-dealkylation sites (tertiary alicyclic amines) is 1. The van der Waals surface area contributed by atoms with Gasteiger partial charge >= 0.3 is 0 Å². The summed E-state index contributed by atoms with van der Waals surface area (Å²) in [5.74, 6) is 0.216. The van der Waals surface area contributed by atoms with Crippen LogP contribution in [-0.2, 0) is 4.79 Å². The molecule has 1 aromatic carbocycles. The molecule has 1 saturated heterocycles. The first-order valence-corrected chi connectivity index (χ1v) is 9.25. The monoisotopic (exact) mass is 384 g/mol. The van der Waals surface area contributed by atoms with Crippen LogP contribution in [0.3, 0.4) is 0 Å². The van der Waals surface area contributed by atoms with Crippen LogP contribution >= 0.6 is 24.0 Å². The molecule has 25 heavy (non-hydrogen) atoms. The topological polar surface area (TPSA) is 63.4 Å². The Morgan fingerprint density at radius 2 is 1.60 bits per heavy atom. The quantitative estimate of drug-likeness (QED) is 0.804. The van der Waals surface area contributed by atoms with Gasteiger partial charge in [-0.3, -0.25) is 9.59 Å². The van der Waals surface area contributed by atoms with Gasteiger partial charge in [0.2, 0.25) is 5.91 Å². The third-order valence-corrected chi connectivity index (χ3v) is 5.71. The first kappa shape index (κ1) is 20.2. The van der Waals surface area contributed by atoms with Gasteiger partial charge < -0.3 is 10.6 Å². The predicted molar refractivity (Wildman–Crippen MR) is 102 cm³/mol. The average Bonchev–Trinajstić information content (AvgIpc) is 2.62. The molecule has 2 aliphatic rings. The molecule has 1 aliphatic carbocycles. The first-order valence-electron chi connectivity index (χ1n) is 8.88. The number of hydrogen-bond donors (Lipinski definition) is 1. The Morgan fingerprint density at radius 1 is 1.04 bits per heavy atom. The van der Waals surface area contributed by atoms with E-state index >= 15 is 0 Å². The maximum atomic E-state index is 12.8. The molecule has 2 fully saturated rings. The number of piperidine rings is 1. The zero-order valence-electron chi connectivity index (χ0n) is 14.4. The predicted octanol–water partition coefficient (Wildman–Crippen LogP) is 3.84. The highest BCUT2D eigenvalue weighted by Gasteiger charge is 2.39. The van der Waals surface area contributed by atoms with E-state index in [1.54, 1.807) is 24.3 Å². The van der Waals surface area contributed by atoms with Crippen molar-refractivity contribution in [1.29, 1.82) is 0 Å². The van der Waals surface area contributed by atoms with Crippen molar-refractivity contribution < 1.29 is 9.59 Å². The molecule has 0 atom stereocenters. The van der Waals surface area contributed by atoms with Crippen molar-refractivity contribution in [3.8, 4) is 0 Å². The lowest BCUT2D eigenvalue weighted by Gasteiger charge is -2.39. The summed E-state index contributed by atoms with van der Waals surface area (Å²) in [5, 5.41) is 0.632. The highest BCUT2D eigenvalue weighted by Crippen LogP contribution is 2.30. The van der Waals surface area contributed by atoms with Gasteiger partial charge in [-0.2, -0.15) is 0 Å². The Balaban J connectivity index is 0.00000225. The van der Waals surface area contributed by atoms with E-state index in [0.29, 0.717) is 36.5 Å². The van der Waals surface area contributed by atoms with Crippen molar-refractivity contribution in [3.05, 3.63) is 34.9 Å². The van der Waals surface area contributed by atoms with Gasteiger partial charge in [0, 0.05) is 29.6 Å². The Morgan fingerprint density at radius 3 is 2.16 bits per heavy atom. The molecule has 0 bridgehead atoms. The molecule has 0 unspecified atom stereocenters. The number of benzene rings is 1. The van der Waals surface area contributed by atoms with E-state index in [1.165, 1.54) is 6.42 Å². The van der Waals surface area contributed by atoms with Gasteiger partial charge in [0.25, 0.3) is 0 Å². The van der Waals surface area contributed by atoms with Crippen molar-refractivity contribution in [2.45, 2.75) is 50.5 Å². The summed E-state index contributed by atoms with van der Waals surface area (Å²) in [5.41, 5.74) is 6.39. The molecular formula is C19H26Cl2N2O2. The van der Waals surface area contributed by atoms with Crippen molar-refractivity contribution in [2.24, 2.45) is 11.7 Å². The van der Waals surface area contributed by atoms with Crippen molar-refractivity contribution in [1.82, 2.24) is 4.90 Å². The number of Topliss-reactive ketones (excluding diaryl/α,β-unsaturated/α-hetero) is 1. The second-order valence-electron chi connectivity index (χ2n) is 7.15. The van der Waals surface area contributed by atoms with Crippen molar-refractivity contribution in [3.63, 3.8) is 0 Å². The minimum atomic E-state index is -0.675. The molecule has 2 N–H and O–H groups in total. The van der Waals surface area contributed by atoms with Crippen LogP contribution in [-0.4, -0.2) is 35.2 Å². The lowest BCUT2D eigenvalue weighted by molar-refractivity contribution is -0.139. The molecule has 1 heterocycles. The lowest BCUT2D eigenvalue weighted by atomic mass is 9.80. The Labute approximate surface area is 160 Å². The molecule has 6 heteroatoms.